The van der Waals surface area contributed by atoms with Crippen LogP contribution in [0.1, 0.15) is 93.4 Å². The molecule has 0 rings (SSSR count). The summed E-state index contributed by atoms with van der Waals surface area (Å²) >= 11 is 3.19. The molecular weight excluding hydrogens is 554 g/mol. The summed E-state index contributed by atoms with van der Waals surface area (Å²) in [5, 5.41) is 5.71. The standard InChI is InChI=1S/C28H48BrN3O6/c1-18(2)21(16-20(33)12-9-10-14-28(7,8)38-25(36)19(3)17-29)24(35)32-22(23(34)27(4,5)6)13-11-15-31-26(30)37/h18,21-22H,3,9-17H2,1-2,4-8H3,(H,32,35)(H3,30,31,37)/t21-,22-/m0/s1. The molecule has 3 amide bonds. The number of alkyl halides is 1. The van der Waals surface area contributed by atoms with Crippen LogP contribution in [0.2, 0.25) is 0 Å². The van der Waals surface area contributed by atoms with E-state index in [-0.39, 0.29) is 29.8 Å². The number of hydrogen-bond acceptors (Lipinski definition) is 6. The van der Waals surface area contributed by atoms with Crippen LogP contribution in [0.3, 0.4) is 0 Å². The van der Waals surface area contributed by atoms with Crippen molar-refractivity contribution in [3.05, 3.63) is 12.2 Å². The summed E-state index contributed by atoms with van der Waals surface area (Å²) in [4.78, 5) is 61.8. The zero-order valence-electron chi connectivity index (χ0n) is 24.2. The Balaban J connectivity index is 4.99. The molecule has 218 valence electrons. The largest absolute Gasteiger partial charge is 0.456 e. The average Bonchev–Trinajstić information content (AvgIpc) is 2.79. The maximum absolute atomic E-state index is 13.2. The van der Waals surface area contributed by atoms with Crippen molar-refractivity contribution >= 4 is 45.4 Å². The van der Waals surface area contributed by atoms with Crippen molar-refractivity contribution < 1.29 is 28.7 Å². The molecule has 0 heterocycles. The lowest BCUT2D eigenvalue weighted by molar-refractivity contribution is -0.152. The van der Waals surface area contributed by atoms with Gasteiger partial charge in [-0.1, -0.05) is 57.1 Å². The number of unbranched alkanes of at least 4 members (excludes halogenated alkanes) is 1. The fraction of sp³-hybridized carbons (Fsp3) is 0.750. The first-order valence-electron chi connectivity index (χ1n) is 13.3. The SMILES string of the molecule is C=C(CBr)C(=O)OC(C)(C)CCCCC(=O)C[C@H](C(=O)N[C@@H](CCCNC(N)=O)C(=O)C(C)(C)C)C(C)C. The fourth-order valence-corrected chi connectivity index (χ4v) is 4.10. The topological polar surface area (TPSA) is 145 Å². The Morgan fingerprint density at radius 2 is 1.61 bits per heavy atom. The number of amides is 3. The Kier molecular flexibility index (Phi) is 15.7. The van der Waals surface area contributed by atoms with E-state index in [4.69, 9.17) is 10.5 Å². The van der Waals surface area contributed by atoms with Crippen LogP contribution in [0.25, 0.3) is 0 Å². The van der Waals surface area contributed by atoms with Gasteiger partial charge in [0.2, 0.25) is 5.91 Å². The van der Waals surface area contributed by atoms with E-state index in [2.05, 4.69) is 33.1 Å². The lowest BCUT2D eigenvalue weighted by atomic mass is 9.83. The number of urea groups is 1. The zero-order chi connectivity index (χ0) is 29.7. The number of rotatable bonds is 18. The first kappa shape index (κ1) is 35.8. The minimum absolute atomic E-state index is 0.0225. The van der Waals surface area contributed by atoms with Crippen LogP contribution in [0, 0.1) is 17.3 Å². The normalized spacial score (nSPS) is 13.4. The lowest BCUT2D eigenvalue weighted by Crippen LogP contribution is -2.48. The van der Waals surface area contributed by atoms with Crippen molar-refractivity contribution in [3.63, 3.8) is 0 Å². The molecule has 9 nitrogen and oxygen atoms in total. The molecule has 0 aromatic heterocycles. The molecule has 0 saturated heterocycles. The van der Waals surface area contributed by atoms with Crippen molar-refractivity contribution in [2.24, 2.45) is 23.0 Å². The van der Waals surface area contributed by atoms with Gasteiger partial charge >= 0.3 is 12.0 Å². The van der Waals surface area contributed by atoms with Gasteiger partial charge in [-0.15, -0.1) is 0 Å². The number of carbonyl (C=O) groups excluding carboxylic acids is 5. The molecule has 0 bridgehead atoms. The number of carbonyl (C=O) groups is 5. The molecule has 0 fully saturated rings. The molecular formula is C28H48BrN3O6. The molecule has 0 saturated carbocycles. The highest BCUT2D eigenvalue weighted by Gasteiger charge is 2.33. The van der Waals surface area contributed by atoms with Gasteiger partial charge in [0.25, 0.3) is 0 Å². The van der Waals surface area contributed by atoms with E-state index in [0.29, 0.717) is 56.0 Å². The van der Waals surface area contributed by atoms with Gasteiger partial charge in [-0.05, 0) is 51.9 Å². The second-order valence-corrected chi connectivity index (χ2v) is 12.4. The Morgan fingerprint density at radius 1 is 1.00 bits per heavy atom. The molecule has 0 aromatic rings. The van der Waals surface area contributed by atoms with Crippen molar-refractivity contribution in [1.29, 1.82) is 0 Å². The van der Waals surface area contributed by atoms with Gasteiger partial charge in [0.05, 0.1) is 6.04 Å². The van der Waals surface area contributed by atoms with Crippen molar-refractivity contribution in [2.75, 3.05) is 11.9 Å². The van der Waals surface area contributed by atoms with E-state index in [1.807, 2.05) is 27.7 Å². The molecule has 2 atom stereocenters. The predicted octanol–water partition coefficient (Wildman–Crippen LogP) is 4.60. The average molecular weight is 603 g/mol. The van der Waals surface area contributed by atoms with E-state index >= 15 is 0 Å². The number of ether oxygens (including phenoxy) is 1. The molecule has 0 aliphatic heterocycles. The molecule has 38 heavy (non-hydrogen) atoms. The maximum Gasteiger partial charge on any atom is 0.334 e. The van der Waals surface area contributed by atoms with Gasteiger partial charge in [-0.3, -0.25) is 14.4 Å². The minimum atomic E-state index is -0.723. The quantitative estimate of drug-likeness (QED) is 0.0905. The van der Waals surface area contributed by atoms with E-state index in [0.717, 1.165) is 0 Å². The monoisotopic (exact) mass is 601 g/mol. The summed E-state index contributed by atoms with van der Waals surface area (Å²) in [6.07, 6.45) is 3.12. The summed E-state index contributed by atoms with van der Waals surface area (Å²) in [6.45, 7) is 16.7. The van der Waals surface area contributed by atoms with Gasteiger partial charge < -0.3 is 21.1 Å². The maximum atomic E-state index is 13.2. The summed E-state index contributed by atoms with van der Waals surface area (Å²) in [6, 6.07) is -1.37. The van der Waals surface area contributed by atoms with Crippen LogP contribution >= 0.6 is 15.9 Å². The molecule has 10 heteroatoms. The number of nitrogens with one attached hydrogen (secondary N) is 2. The number of ketones is 2. The third-order valence-electron chi connectivity index (χ3n) is 6.23. The van der Waals surface area contributed by atoms with E-state index in [9.17, 15) is 24.0 Å². The second kappa shape index (κ2) is 16.7. The summed E-state index contributed by atoms with van der Waals surface area (Å²) in [5.41, 5.74) is 4.10. The van der Waals surface area contributed by atoms with Crippen molar-refractivity contribution in [1.82, 2.24) is 10.6 Å². The highest BCUT2D eigenvalue weighted by atomic mass is 79.9. The van der Waals surface area contributed by atoms with Crippen LogP contribution in [0.5, 0.6) is 0 Å². The second-order valence-electron chi connectivity index (χ2n) is 11.8. The van der Waals surface area contributed by atoms with Crippen LogP contribution < -0.4 is 16.4 Å². The molecule has 0 unspecified atom stereocenters. The smallest absolute Gasteiger partial charge is 0.334 e. The van der Waals surface area contributed by atoms with Gasteiger partial charge in [-0.2, -0.15) is 0 Å². The number of primary amides is 1. The minimum Gasteiger partial charge on any atom is -0.456 e. The third kappa shape index (κ3) is 14.6. The van der Waals surface area contributed by atoms with Crippen LogP contribution in [0.4, 0.5) is 4.79 Å². The number of halogens is 1. The van der Waals surface area contributed by atoms with Gasteiger partial charge in [0.15, 0.2) is 5.78 Å². The number of Topliss-reactive ketones (excluding diaryl/α,β-unsaturated/α-hetero) is 2. The van der Waals surface area contributed by atoms with Crippen LogP contribution in [-0.2, 0) is 23.9 Å². The molecule has 4 N–H and O–H groups in total. The van der Waals surface area contributed by atoms with Crippen molar-refractivity contribution in [3.8, 4) is 0 Å². The number of hydrogen-bond donors (Lipinski definition) is 3. The Labute approximate surface area is 236 Å². The predicted molar refractivity (Wildman–Crippen MR) is 153 cm³/mol. The van der Waals surface area contributed by atoms with E-state index in [1.54, 1.807) is 20.8 Å². The Hall–Kier alpha value is -2.23. The first-order valence-corrected chi connectivity index (χ1v) is 14.4. The van der Waals surface area contributed by atoms with Crippen molar-refractivity contribution in [2.45, 2.75) is 105 Å². The van der Waals surface area contributed by atoms with Gasteiger partial charge in [0.1, 0.15) is 11.4 Å². The van der Waals surface area contributed by atoms with Crippen LogP contribution in [-0.4, -0.2) is 53.0 Å². The Bertz CT molecular complexity index is 848. The highest BCUT2D eigenvalue weighted by Crippen LogP contribution is 2.24. The molecule has 0 spiro atoms. The first-order chi connectivity index (χ1) is 17.4. The third-order valence-corrected chi connectivity index (χ3v) is 6.91. The number of nitrogens with two attached hydrogens (primary N) is 1. The van der Waals surface area contributed by atoms with E-state index < -0.39 is 35.0 Å². The summed E-state index contributed by atoms with van der Waals surface area (Å²) in [7, 11) is 0. The summed E-state index contributed by atoms with van der Waals surface area (Å²) < 4.78 is 5.49. The molecule has 0 radical (unpaired) electrons. The lowest BCUT2D eigenvalue weighted by Gasteiger charge is -2.28. The molecule has 0 aliphatic rings. The molecule has 0 aromatic carbocycles. The zero-order valence-corrected chi connectivity index (χ0v) is 25.8. The highest BCUT2D eigenvalue weighted by molar-refractivity contribution is 9.09. The molecule has 0 aliphatic carbocycles. The summed E-state index contributed by atoms with van der Waals surface area (Å²) in [5.74, 6) is -1.55. The Morgan fingerprint density at radius 3 is 2.11 bits per heavy atom. The number of esters is 1. The van der Waals surface area contributed by atoms with Crippen LogP contribution in [0.15, 0.2) is 12.2 Å². The van der Waals surface area contributed by atoms with Gasteiger partial charge in [-0.25, -0.2) is 9.59 Å². The van der Waals surface area contributed by atoms with E-state index in [1.165, 1.54) is 0 Å². The van der Waals surface area contributed by atoms with Gasteiger partial charge in [0, 0.05) is 41.6 Å². The fourth-order valence-electron chi connectivity index (χ4n) is 3.87.